The van der Waals surface area contributed by atoms with E-state index in [2.05, 4.69) is 49.9 Å². The van der Waals surface area contributed by atoms with E-state index in [0.29, 0.717) is 0 Å². The molecule has 1 aromatic rings. The van der Waals surface area contributed by atoms with Gasteiger partial charge in [-0.1, -0.05) is 45.0 Å². The van der Waals surface area contributed by atoms with Gasteiger partial charge in [-0.15, -0.1) is 0 Å². The molecule has 1 aromatic carbocycles. The van der Waals surface area contributed by atoms with Crippen molar-refractivity contribution in [3.63, 3.8) is 0 Å². The molecule has 0 heterocycles. The van der Waals surface area contributed by atoms with Gasteiger partial charge in [0.15, 0.2) is 0 Å². The first-order valence-corrected chi connectivity index (χ1v) is 6.56. The van der Waals surface area contributed by atoms with Crippen LogP contribution in [0.5, 0.6) is 0 Å². The van der Waals surface area contributed by atoms with Crippen LogP contribution in [0.3, 0.4) is 0 Å². The van der Waals surface area contributed by atoms with Crippen LogP contribution in [0.1, 0.15) is 37.8 Å². The molecule has 0 aliphatic heterocycles. The molecule has 88 valence electrons. The Labute approximate surface area is 99.5 Å². The molecule has 1 aliphatic rings. The van der Waals surface area contributed by atoms with Crippen molar-refractivity contribution in [2.45, 2.75) is 33.1 Å². The second-order valence-electron chi connectivity index (χ2n) is 4.94. The van der Waals surface area contributed by atoms with Crippen LogP contribution in [-0.4, -0.2) is 24.5 Å². The molecule has 0 unspecified atom stereocenters. The van der Waals surface area contributed by atoms with E-state index in [-0.39, 0.29) is 0 Å². The zero-order valence-corrected chi connectivity index (χ0v) is 10.7. The van der Waals surface area contributed by atoms with Crippen LogP contribution < -0.4 is 0 Å². The topological polar surface area (TPSA) is 3.24 Å². The molecule has 2 atom stereocenters. The van der Waals surface area contributed by atoms with Gasteiger partial charge in [0.2, 0.25) is 0 Å². The molecule has 1 aliphatic carbocycles. The Kier molecular flexibility index (Phi) is 3.65. The minimum absolute atomic E-state index is 0.733. The molecule has 16 heavy (non-hydrogen) atoms. The first-order valence-electron chi connectivity index (χ1n) is 6.56. The van der Waals surface area contributed by atoms with Gasteiger partial charge in [0, 0.05) is 6.54 Å². The Bertz CT molecular complexity index is 341. The van der Waals surface area contributed by atoms with Crippen molar-refractivity contribution in [1.82, 2.24) is 4.90 Å². The van der Waals surface area contributed by atoms with E-state index in [1.807, 2.05) is 0 Å². The highest BCUT2D eigenvalue weighted by molar-refractivity contribution is 5.35. The average Bonchev–Trinajstić information content (AvgIpc) is 2.64. The van der Waals surface area contributed by atoms with Crippen molar-refractivity contribution in [1.29, 1.82) is 0 Å². The molecule has 2 rings (SSSR count). The Morgan fingerprint density at radius 2 is 1.88 bits per heavy atom. The quantitative estimate of drug-likeness (QED) is 0.748. The maximum Gasteiger partial charge on any atom is 0.00184 e. The number of hydrogen-bond acceptors (Lipinski definition) is 1. The van der Waals surface area contributed by atoms with Gasteiger partial charge in [0.25, 0.3) is 0 Å². The fraction of sp³-hybridized carbons (Fsp3) is 0.600. The highest BCUT2D eigenvalue weighted by atomic mass is 15.1. The van der Waals surface area contributed by atoms with Crippen LogP contribution in [0.15, 0.2) is 24.3 Å². The third-order valence-corrected chi connectivity index (χ3v) is 4.12. The van der Waals surface area contributed by atoms with Crippen LogP contribution in [0.2, 0.25) is 0 Å². The normalized spacial score (nSPS) is 23.8. The summed E-state index contributed by atoms with van der Waals surface area (Å²) < 4.78 is 0. The van der Waals surface area contributed by atoms with E-state index in [9.17, 15) is 0 Å². The fourth-order valence-electron chi connectivity index (χ4n) is 2.91. The molecule has 0 saturated heterocycles. The minimum atomic E-state index is 0.733. The Morgan fingerprint density at radius 1 is 1.19 bits per heavy atom. The number of rotatable bonds is 4. The minimum Gasteiger partial charge on any atom is -0.304 e. The third-order valence-electron chi connectivity index (χ3n) is 4.12. The van der Waals surface area contributed by atoms with Crippen molar-refractivity contribution >= 4 is 0 Å². The predicted octanol–water partition coefficient (Wildman–Crippen LogP) is 3.30. The van der Waals surface area contributed by atoms with Crippen molar-refractivity contribution < 1.29 is 0 Å². The summed E-state index contributed by atoms with van der Waals surface area (Å²) in [5.74, 6) is 1.55. The Hall–Kier alpha value is -0.820. The monoisotopic (exact) mass is 217 g/mol. The molecule has 0 amide bonds. The molecule has 1 nitrogen and oxygen atoms in total. The second kappa shape index (κ2) is 5.01. The van der Waals surface area contributed by atoms with Crippen LogP contribution >= 0.6 is 0 Å². The van der Waals surface area contributed by atoms with Gasteiger partial charge in [0.05, 0.1) is 0 Å². The molecule has 0 fully saturated rings. The summed E-state index contributed by atoms with van der Waals surface area (Å²) in [7, 11) is 0. The van der Waals surface area contributed by atoms with Crippen molar-refractivity contribution in [2.75, 3.05) is 19.6 Å². The zero-order chi connectivity index (χ0) is 11.5. The van der Waals surface area contributed by atoms with E-state index in [4.69, 9.17) is 0 Å². The predicted molar refractivity (Wildman–Crippen MR) is 69.8 cm³/mol. The molecule has 0 saturated carbocycles. The molecule has 0 bridgehead atoms. The maximum absolute atomic E-state index is 2.55. The van der Waals surface area contributed by atoms with Gasteiger partial charge in [0.1, 0.15) is 0 Å². The third kappa shape index (κ3) is 2.15. The second-order valence-corrected chi connectivity index (χ2v) is 4.94. The lowest BCUT2D eigenvalue weighted by Crippen LogP contribution is -2.30. The molecule has 0 N–H and O–H groups in total. The highest BCUT2D eigenvalue weighted by Crippen LogP contribution is 2.37. The summed E-state index contributed by atoms with van der Waals surface area (Å²) >= 11 is 0. The lowest BCUT2D eigenvalue weighted by molar-refractivity contribution is 0.242. The number of benzene rings is 1. The summed E-state index contributed by atoms with van der Waals surface area (Å²) in [6.45, 7) is 10.5. The van der Waals surface area contributed by atoms with Crippen molar-refractivity contribution in [2.24, 2.45) is 5.92 Å². The lowest BCUT2D eigenvalue weighted by atomic mass is 9.94. The van der Waals surface area contributed by atoms with Gasteiger partial charge >= 0.3 is 0 Å². The summed E-state index contributed by atoms with van der Waals surface area (Å²) in [6, 6.07) is 8.96. The van der Waals surface area contributed by atoms with Crippen LogP contribution in [0.4, 0.5) is 0 Å². The lowest BCUT2D eigenvalue weighted by Gasteiger charge is -2.25. The molecular weight excluding hydrogens is 194 g/mol. The standard InChI is InChI=1S/C15H23N/c1-4-16(5-2)11-14-10-13-8-6-7-9-15(13)12(14)3/h6-9,12,14H,4-5,10-11H2,1-3H3/t12-,14-/m1/s1. The average molecular weight is 217 g/mol. The number of nitrogens with zero attached hydrogens (tertiary/aromatic N) is 1. The molecule has 0 aromatic heterocycles. The fourth-order valence-corrected chi connectivity index (χ4v) is 2.91. The molecule has 0 radical (unpaired) electrons. The van der Waals surface area contributed by atoms with Gasteiger partial charge in [-0.2, -0.15) is 0 Å². The van der Waals surface area contributed by atoms with Gasteiger partial charge in [-0.3, -0.25) is 0 Å². The van der Waals surface area contributed by atoms with Crippen LogP contribution in [-0.2, 0) is 6.42 Å². The summed E-state index contributed by atoms with van der Waals surface area (Å²) in [6.07, 6.45) is 1.27. The van der Waals surface area contributed by atoms with E-state index in [0.717, 1.165) is 11.8 Å². The first kappa shape index (κ1) is 11.7. The zero-order valence-electron chi connectivity index (χ0n) is 10.7. The highest BCUT2D eigenvalue weighted by Gasteiger charge is 2.29. The van der Waals surface area contributed by atoms with E-state index in [1.165, 1.54) is 26.1 Å². The smallest absolute Gasteiger partial charge is 0.00184 e. The number of hydrogen-bond donors (Lipinski definition) is 0. The van der Waals surface area contributed by atoms with E-state index in [1.54, 1.807) is 11.1 Å². The summed E-state index contributed by atoms with van der Waals surface area (Å²) in [5.41, 5.74) is 3.16. The van der Waals surface area contributed by atoms with Crippen molar-refractivity contribution in [3.8, 4) is 0 Å². The van der Waals surface area contributed by atoms with Crippen LogP contribution in [0, 0.1) is 5.92 Å². The Morgan fingerprint density at radius 3 is 2.50 bits per heavy atom. The molecule has 1 heteroatoms. The SMILES string of the molecule is CCN(CC)C[C@H]1Cc2ccccc2[C@@H]1C. The summed E-state index contributed by atoms with van der Waals surface area (Å²) in [4.78, 5) is 2.55. The van der Waals surface area contributed by atoms with Gasteiger partial charge in [-0.05, 0) is 42.5 Å². The van der Waals surface area contributed by atoms with E-state index < -0.39 is 0 Å². The van der Waals surface area contributed by atoms with Crippen LogP contribution in [0.25, 0.3) is 0 Å². The maximum atomic E-state index is 2.55. The van der Waals surface area contributed by atoms with Crippen molar-refractivity contribution in [3.05, 3.63) is 35.4 Å². The van der Waals surface area contributed by atoms with Gasteiger partial charge < -0.3 is 4.90 Å². The van der Waals surface area contributed by atoms with E-state index >= 15 is 0 Å². The first-order chi connectivity index (χ1) is 7.76. The van der Waals surface area contributed by atoms with Gasteiger partial charge in [-0.25, -0.2) is 0 Å². The molecular formula is C15H23N. The summed E-state index contributed by atoms with van der Waals surface area (Å²) in [5, 5.41) is 0. The number of fused-ring (bicyclic) bond motifs is 1. The largest absolute Gasteiger partial charge is 0.304 e. The Balaban J connectivity index is 2.06. The molecule has 0 spiro atoms.